The van der Waals surface area contributed by atoms with E-state index in [9.17, 15) is 9.59 Å². The van der Waals surface area contributed by atoms with Crippen LogP contribution in [0.15, 0.2) is 66.7 Å². The van der Waals surface area contributed by atoms with Crippen molar-refractivity contribution in [2.24, 2.45) is 0 Å². The molecule has 2 unspecified atom stereocenters. The molecule has 168 valence electrons. The molecule has 0 spiro atoms. The highest BCUT2D eigenvalue weighted by atomic mass is 32.1. The lowest BCUT2D eigenvalue weighted by Gasteiger charge is -2.33. The molecule has 0 radical (unpaired) electrons. The highest BCUT2D eigenvalue weighted by Gasteiger charge is 2.29. The minimum Gasteiger partial charge on any atom is -0.344 e. The molecule has 0 saturated carbocycles. The number of carbonyl (C=O) groups is 2. The van der Waals surface area contributed by atoms with Crippen LogP contribution < -0.4 is 5.32 Å². The summed E-state index contributed by atoms with van der Waals surface area (Å²) in [6, 6.07) is 21.6. The molecule has 2 atom stereocenters. The van der Waals surface area contributed by atoms with Gasteiger partial charge in [0.1, 0.15) is 6.04 Å². The lowest BCUT2D eigenvalue weighted by molar-refractivity contribution is -0.136. The quantitative estimate of drug-likeness (QED) is 0.464. The van der Waals surface area contributed by atoms with Gasteiger partial charge in [0.25, 0.3) is 0 Å². The largest absolute Gasteiger partial charge is 0.344 e. The maximum atomic E-state index is 13.1. The second-order valence-corrected chi connectivity index (χ2v) is 9.81. The number of rotatable bonds is 5. The van der Waals surface area contributed by atoms with Crippen molar-refractivity contribution in [3.05, 3.63) is 77.3 Å². The van der Waals surface area contributed by atoms with Crippen molar-refractivity contribution >= 4 is 44.1 Å². The molecular formula is C27H27N3O2S. The molecule has 2 amide bonds. The Morgan fingerprint density at radius 3 is 2.76 bits per heavy atom. The first kappa shape index (κ1) is 21.6. The average molecular weight is 458 g/mol. The van der Waals surface area contributed by atoms with E-state index in [-0.39, 0.29) is 24.2 Å². The van der Waals surface area contributed by atoms with Crippen LogP contribution in [0.5, 0.6) is 0 Å². The van der Waals surface area contributed by atoms with E-state index in [2.05, 4.69) is 11.4 Å². The number of amides is 2. The summed E-state index contributed by atoms with van der Waals surface area (Å²) in [5.41, 5.74) is 1.99. The van der Waals surface area contributed by atoms with Gasteiger partial charge in [-0.25, -0.2) is 4.98 Å². The number of likely N-dealkylation sites (tertiary alicyclic amines) is 1. The lowest BCUT2D eigenvalue weighted by atomic mass is 9.98. The van der Waals surface area contributed by atoms with Crippen LogP contribution in [0.3, 0.4) is 0 Å². The fourth-order valence-electron chi connectivity index (χ4n) is 4.69. The minimum atomic E-state index is -0.554. The van der Waals surface area contributed by atoms with Crippen LogP contribution in [-0.4, -0.2) is 40.8 Å². The molecule has 33 heavy (non-hydrogen) atoms. The van der Waals surface area contributed by atoms with Gasteiger partial charge in [-0.15, -0.1) is 11.3 Å². The Morgan fingerprint density at radius 1 is 1.09 bits per heavy atom. The Labute approximate surface area is 197 Å². The molecule has 5 nitrogen and oxygen atoms in total. The first-order chi connectivity index (χ1) is 16.1. The topological polar surface area (TPSA) is 62.3 Å². The molecule has 1 aliphatic rings. The van der Waals surface area contributed by atoms with Crippen molar-refractivity contribution in [2.75, 3.05) is 13.1 Å². The maximum absolute atomic E-state index is 13.1. The second kappa shape index (κ2) is 9.32. The maximum Gasteiger partial charge on any atom is 0.244 e. The van der Waals surface area contributed by atoms with Crippen LogP contribution >= 0.6 is 11.3 Å². The number of hydrogen-bond acceptors (Lipinski definition) is 4. The van der Waals surface area contributed by atoms with Crippen molar-refractivity contribution < 1.29 is 9.59 Å². The summed E-state index contributed by atoms with van der Waals surface area (Å²) in [6.45, 7) is 3.16. The summed E-state index contributed by atoms with van der Waals surface area (Å²) in [4.78, 5) is 32.6. The summed E-state index contributed by atoms with van der Waals surface area (Å²) in [7, 11) is 0. The van der Waals surface area contributed by atoms with E-state index < -0.39 is 6.04 Å². The van der Waals surface area contributed by atoms with Crippen LogP contribution in [0.4, 0.5) is 0 Å². The molecular weight excluding hydrogens is 430 g/mol. The molecule has 2 heterocycles. The molecule has 4 aromatic rings. The van der Waals surface area contributed by atoms with Crippen LogP contribution in [-0.2, 0) is 16.0 Å². The molecule has 6 heteroatoms. The molecule has 0 bridgehead atoms. The Hall–Kier alpha value is -3.25. The van der Waals surface area contributed by atoms with Gasteiger partial charge in [-0.2, -0.15) is 0 Å². The molecule has 3 aromatic carbocycles. The van der Waals surface area contributed by atoms with Gasteiger partial charge in [0.05, 0.1) is 21.6 Å². The van der Waals surface area contributed by atoms with Crippen LogP contribution in [0.25, 0.3) is 21.0 Å². The van der Waals surface area contributed by atoms with E-state index in [4.69, 9.17) is 4.98 Å². The molecule has 1 aliphatic heterocycles. The third kappa shape index (κ3) is 4.62. The third-order valence-corrected chi connectivity index (χ3v) is 7.57. The Bertz CT molecular complexity index is 1280. The van der Waals surface area contributed by atoms with Gasteiger partial charge in [0.2, 0.25) is 11.8 Å². The predicted octanol–water partition coefficient (Wildman–Crippen LogP) is 4.90. The number of nitrogens with zero attached hydrogens (tertiary/aromatic N) is 2. The Balaban J connectivity index is 1.22. The summed E-state index contributed by atoms with van der Waals surface area (Å²) >= 11 is 1.72. The zero-order valence-electron chi connectivity index (χ0n) is 18.7. The molecule has 1 aromatic heterocycles. The summed E-state index contributed by atoms with van der Waals surface area (Å²) in [6.07, 6.45) is 2.24. The standard InChI is InChI=1S/C27H27N3O2S/c1-18(28-25(31)16-20-10-6-9-19-8-2-3-12-22(19)20)27(32)30-15-7-11-21(17-30)26-29-23-13-4-5-14-24(23)33-26/h2-6,8-10,12-14,18,21H,7,11,15-17H2,1H3,(H,28,31). The van der Waals surface area contributed by atoms with E-state index in [1.807, 2.05) is 65.6 Å². The van der Waals surface area contributed by atoms with Crippen LogP contribution in [0, 0.1) is 0 Å². The number of aromatic nitrogens is 1. The van der Waals surface area contributed by atoms with Gasteiger partial charge in [0.15, 0.2) is 0 Å². The fraction of sp³-hybridized carbons (Fsp3) is 0.296. The zero-order chi connectivity index (χ0) is 22.8. The lowest BCUT2D eigenvalue weighted by Crippen LogP contribution is -2.50. The van der Waals surface area contributed by atoms with Crippen molar-refractivity contribution in [1.82, 2.24) is 15.2 Å². The van der Waals surface area contributed by atoms with E-state index >= 15 is 0 Å². The highest BCUT2D eigenvalue weighted by molar-refractivity contribution is 7.18. The fourth-order valence-corrected chi connectivity index (χ4v) is 5.78. The van der Waals surface area contributed by atoms with E-state index in [1.54, 1.807) is 18.3 Å². The molecule has 1 N–H and O–H groups in total. The van der Waals surface area contributed by atoms with Crippen molar-refractivity contribution in [1.29, 1.82) is 0 Å². The summed E-state index contributed by atoms with van der Waals surface area (Å²) in [5, 5.41) is 6.21. The van der Waals surface area contributed by atoms with Gasteiger partial charge in [-0.05, 0) is 48.2 Å². The number of carbonyl (C=O) groups excluding carboxylic acids is 2. The van der Waals surface area contributed by atoms with Crippen LogP contribution in [0.1, 0.15) is 36.3 Å². The van der Waals surface area contributed by atoms with E-state index in [0.717, 1.165) is 46.2 Å². The smallest absolute Gasteiger partial charge is 0.244 e. The SMILES string of the molecule is CC(NC(=O)Cc1cccc2ccccc12)C(=O)N1CCCC(c2nc3ccccc3s2)C1. The average Bonchev–Trinajstić information content (AvgIpc) is 3.28. The van der Waals surface area contributed by atoms with Gasteiger partial charge >= 0.3 is 0 Å². The first-order valence-corrected chi connectivity index (χ1v) is 12.3. The Morgan fingerprint density at radius 2 is 1.88 bits per heavy atom. The predicted molar refractivity (Wildman–Crippen MR) is 133 cm³/mol. The number of hydrogen-bond donors (Lipinski definition) is 1. The third-order valence-electron chi connectivity index (χ3n) is 6.37. The number of fused-ring (bicyclic) bond motifs is 2. The van der Waals surface area contributed by atoms with Gasteiger partial charge in [-0.3, -0.25) is 9.59 Å². The Kier molecular flexibility index (Phi) is 6.09. The van der Waals surface area contributed by atoms with Crippen LogP contribution in [0.2, 0.25) is 0 Å². The van der Waals surface area contributed by atoms with E-state index in [0.29, 0.717) is 6.54 Å². The van der Waals surface area contributed by atoms with E-state index in [1.165, 1.54) is 4.70 Å². The van der Waals surface area contributed by atoms with Gasteiger partial charge < -0.3 is 10.2 Å². The van der Waals surface area contributed by atoms with Gasteiger partial charge in [-0.1, -0.05) is 54.6 Å². The summed E-state index contributed by atoms with van der Waals surface area (Å²) in [5.74, 6) is 0.0951. The van der Waals surface area contributed by atoms with Gasteiger partial charge in [0, 0.05) is 19.0 Å². The number of piperidine rings is 1. The second-order valence-electron chi connectivity index (χ2n) is 8.75. The normalized spacial score (nSPS) is 17.2. The highest BCUT2D eigenvalue weighted by Crippen LogP contribution is 2.33. The van der Waals surface area contributed by atoms with Crippen molar-refractivity contribution in [2.45, 2.75) is 38.1 Å². The number of para-hydroxylation sites is 1. The van der Waals surface area contributed by atoms with Crippen molar-refractivity contribution in [3.63, 3.8) is 0 Å². The number of nitrogens with one attached hydrogen (secondary N) is 1. The molecule has 1 fully saturated rings. The number of benzene rings is 3. The minimum absolute atomic E-state index is 0.0212. The van der Waals surface area contributed by atoms with Crippen molar-refractivity contribution in [3.8, 4) is 0 Å². The molecule has 1 saturated heterocycles. The monoisotopic (exact) mass is 457 g/mol. The number of thiazole rings is 1. The first-order valence-electron chi connectivity index (χ1n) is 11.5. The summed E-state index contributed by atoms with van der Waals surface area (Å²) < 4.78 is 1.19. The molecule has 5 rings (SSSR count). The zero-order valence-corrected chi connectivity index (χ0v) is 19.5. The molecule has 0 aliphatic carbocycles.